The molecule has 14 nitrogen and oxygen atoms in total. The topological polar surface area (TPSA) is 200 Å². The minimum Gasteiger partial charge on any atom is -0.549 e. The molecule has 0 saturated carbocycles. The lowest BCUT2D eigenvalue weighted by Crippen LogP contribution is -2.53. The third-order valence-electron chi connectivity index (χ3n) is 8.51. The molecule has 0 radical (unpaired) electrons. The van der Waals surface area contributed by atoms with Gasteiger partial charge in [0.1, 0.15) is 6.04 Å². The molecule has 1 saturated heterocycles. The summed E-state index contributed by atoms with van der Waals surface area (Å²) in [6, 6.07) is 10.2. The molecule has 3 rings (SSSR count). The molecule has 280 valence electrons. The van der Waals surface area contributed by atoms with Gasteiger partial charge in [0, 0.05) is 84.1 Å². The van der Waals surface area contributed by atoms with Crippen molar-refractivity contribution in [2.45, 2.75) is 31.5 Å². The van der Waals surface area contributed by atoms with Gasteiger partial charge in [-0.3, -0.25) is 29.2 Å². The van der Waals surface area contributed by atoms with E-state index in [1.54, 1.807) is 29.2 Å². The Labute approximate surface area is 293 Å². The smallest absolute Gasteiger partial charge is 0.416 e. The maximum Gasteiger partial charge on any atom is 0.416 e. The van der Waals surface area contributed by atoms with Crippen molar-refractivity contribution in [2.75, 3.05) is 78.5 Å². The SMILES string of the molecule is O=C([O-])CN1CCN(CC(=O)[O-])CCN(C(CCCNC(=O)c2ccccc2Cc2cccc(C(F)(F)F)c2)C(=O)O)CCN(CC(=O)[O-])CC1. The van der Waals surface area contributed by atoms with Gasteiger partial charge in [-0.25, -0.2) is 0 Å². The average molecular weight is 721 g/mol. The predicted molar refractivity (Wildman–Crippen MR) is 170 cm³/mol. The van der Waals surface area contributed by atoms with Crippen LogP contribution in [0.1, 0.15) is 39.9 Å². The van der Waals surface area contributed by atoms with Crippen molar-refractivity contribution in [2.24, 2.45) is 0 Å². The molecule has 0 aromatic heterocycles. The van der Waals surface area contributed by atoms with Gasteiger partial charge in [-0.2, -0.15) is 13.2 Å². The fourth-order valence-corrected chi connectivity index (χ4v) is 5.91. The van der Waals surface area contributed by atoms with E-state index in [-0.39, 0.29) is 83.7 Å². The molecule has 2 aromatic carbocycles. The third kappa shape index (κ3) is 14.3. The van der Waals surface area contributed by atoms with Gasteiger partial charge in [0.2, 0.25) is 0 Å². The number of nitrogens with zero attached hydrogens (tertiary/aromatic N) is 4. The van der Waals surface area contributed by atoms with Crippen LogP contribution in [0.4, 0.5) is 13.2 Å². The first-order chi connectivity index (χ1) is 24.1. The van der Waals surface area contributed by atoms with E-state index in [4.69, 9.17) is 0 Å². The van der Waals surface area contributed by atoms with Crippen LogP contribution in [0.3, 0.4) is 0 Å². The molecule has 1 aliphatic heterocycles. The number of carboxylic acid groups (broad SMARTS) is 4. The molecule has 0 bridgehead atoms. The highest BCUT2D eigenvalue weighted by atomic mass is 19.4. The number of nitrogens with one attached hydrogen (secondary N) is 1. The standard InChI is InChI=1S/C34H44F3N5O9/c35-34(36,37)26-7-3-5-24(20-26)19-25-6-1-2-8-27(25)32(49)38-10-4-9-28(33(50)51)42-17-15-40(22-30(45)46)13-11-39(21-29(43)44)12-14-41(16-18-42)23-31(47)48/h1-3,5-8,20,28H,4,9-19,21-23H2,(H,38,49)(H,43,44)(H,45,46)(H,47,48)(H,50,51)/p-3. The Morgan fingerprint density at radius 2 is 1.25 bits per heavy atom. The van der Waals surface area contributed by atoms with E-state index in [2.05, 4.69) is 5.32 Å². The summed E-state index contributed by atoms with van der Waals surface area (Å²) in [7, 11) is 0. The number of carboxylic acids is 4. The predicted octanol–water partition coefficient (Wildman–Crippen LogP) is -2.27. The molecular formula is C34H41F3N5O9-3. The highest BCUT2D eigenvalue weighted by Gasteiger charge is 2.30. The van der Waals surface area contributed by atoms with E-state index in [1.807, 2.05) is 0 Å². The van der Waals surface area contributed by atoms with Crippen molar-refractivity contribution in [3.05, 3.63) is 70.8 Å². The second-order valence-corrected chi connectivity index (χ2v) is 12.3. The van der Waals surface area contributed by atoms with Gasteiger partial charge < -0.3 is 40.1 Å². The van der Waals surface area contributed by atoms with Crippen LogP contribution in [0.2, 0.25) is 0 Å². The van der Waals surface area contributed by atoms with Gasteiger partial charge in [0.15, 0.2) is 0 Å². The summed E-state index contributed by atoms with van der Waals surface area (Å²) in [6.45, 7) is -0.614. The molecule has 1 fully saturated rings. The first kappa shape index (κ1) is 40.8. The van der Waals surface area contributed by atoms with E-state index < -0.39 is 67.2 Å². The summed E-state index contributed by atoms with van der Waals surface area (Å²) in [5.74, 6) is -5.77. The van der Waals surface area contributed by atoms with Crippen LogP contribution in [0.5, 0.6) is 0 Å². The molecule has 2 N–H and O–H groups in total. The van der Waals surface area contributed by atoms with Crippen LogP contribution in [0.25, 0.3) is 0 Å². The van der Waals surface area contributed by atoms with E-state index in [9.17, 15) is 57.6 Å². The summed E-state index contributed by atoms with van der Waals surface area (Å²) in [6.07, 6.45) is -4.18. The molecule has 1 amide bonds. The van der Waals surface area contributed by atoms with E-state index in [1.165, 1.54) is 26.8 Å². The Balaban J connectivity index is 1.69. The number of amides is 1. The molecule has 51 heavy (non-hydrogen) atoms. The molecule has 2 aromatic rings. The summed E-state index contributed by atoms with van der Waals surface area (Å²) in [4.78, 5) is 65.9. The van der Waals surface area contributed by atoms with Crippen molar-refractivity contribution in [3.8, 4) is 0 Å². The quantitative estimate of drug-likeness (QED) is 0.187. The van der Waals surface area contributed by atoms with Crippen molar-refractivity contribution in [1.29, 1.82) is 0 Å². The van der Waals surface area contributed by atoms with Crippen LogP contribution in [-0.2, 0) is 31.8 Å². The number of halogens is 3. The molecular weight excluding hydrogens is 679 g/mol. The van der Waals surface area contributed by atoms with Crippen molar-refractivity contribution >= 4 is 29.8 Å². The van der Waals surface area contributed by atoms with E-state index >= 15 is 0 Å². The van der Waals surface area contributed by atoms with Crippen molar-refractivity contribution in [1.82, 2.24) is 24.9 Å². The zero-order valence-electron chi connectivity index (χ0n) is 27.9. The summed E-state index contributed by atoms with van der Waals surface area (Å²) >= 11 is 0. The van der Waals surface area contributed by atoms with Crippen LogP contribution < -0.4 is 20.6 Å². The highest BCUT2D eigenvalue weighted by Crippen LogP contribution is 2.30. The zero-order chi connectivity index (χ0) is 37.6. The molecule has 1 heterocycles. The molecule has 0 aliphatic carbocycles. The Hall–Kier alpha value is -4.58. The molecule has 1 unspecified atom stereocenters. The average Bonchev–Trinajstić information content (AvgIpc) is 3.04. The maximum absolute atomic E-state index is 13.2. The van der Waals surface area contributed by atoms with Gasteiger partial charge in [-0.05, 0) is 42.5 Å². The van der Waals surface area contributed by atoms with Crippen LogP contribution in [0.15, 0.2) is 48.5 Å². The number of carbonyl (C=O) groups is 5. The zero-order valence-corrected chi connectivity index (χ0v) is 27.9. The van der Waals surface area contributed by atoms with Gasteiger partial charge in [-0.1, -0.05) is 36.4 Å². The molecule has 17 heteroatoms. The maximum atomic E-state index is 13.2. The van der Waals surface area contributed by atoms with Crippen molar-refractivity contribution < 1.29 is 57.6 Å². The summed E-state index contributed by atoms with van der Waals surface area (Å²) in [5.41, 5.74) is 0.325. The second kappa shape index (κ2) is 19.7. The first-order valence-electron chi connectivity index (χ1n) is 16.4. The Morgan fingerprint density at radius 1 is 0.745 bits per heavy atom. The van der Waals surface area contributed by atoms with E-state index in [0.29, 0.717) is 11.1 Å². The number of aliphatic carboxylic acids is 4. The van der Waals surface area contributed by atoms with Crippen LogP contribution in [0, 0.1) is 0 Å². The lowest BCUT2D eigenvalue weighted by atomic mass is 9.98. The fraction of sp³-hybridized carbons (Fsp3) is 0.500. The number of hydrogen-bond donors (Lipinski definition) is 2. The van der Waals surface area contributed by atoms with Crippen molar-refractivity contribution in [3.63, 3.8) is 0 Å². The minimum atomic E-state index is -4.52. The molecule has 0 spiro atoms. The monoisotopic (exact) mass is 720 g/mol. The number of carbonyl (C=O) groups excluding carboxylic acids is 4. The Morgan fingerprint density at radius 3 is 1.75 bits per heavy atom. The number of alkyl halides is 3. The number of hydrogen-bond acceptors (Lipinski definition) is 12. The molecule has 1 atom stereocenters. The third-order valence-corrected chi connectivity index (χ3v) is 8.51. The van der Waals surface area contributed by atoms with Gasteiger partial charge in [0.05, 0.1) is 23.5 Å². The van der Waals surface area contributed by atoms with Crippen LogP contribution in [-0.4, -0.2) is 139 Å². The number of benzene rings is 2. The Kier molecular flexibility index (Phi) is 15.8. The van der Waals surface area contributed by atoms with Gasteiger partial charge in [-0.15, -0.1) is 0 Å². The largest absolute Gasteiger partial charge is 0.549 e. The highest BCUT2D eigenvalue weighted by molar-refractivity contribution is 5.95. The number of rotatable bonds is 15. The lowest BCUT2D eigenvalue weighted by Gasteiger charge is -2.36. The van der Waals surface area contributed by atoms with Crippen LogP contribution >= 0.6 is 0 Å². The molecule has 1 aliphatic rings. The second-order valence-electron chi connectivity index (χ2n) is 12.3. The normalized spacial score (nSPS) is 16.8. The Bertz CT molecular complexity index is 1480. The van der Waals surface area contributed by atoms with Gasteiger partial charge >= 0.3 is 12.1 Å². The van der Waals surface area contributed by atoms with Gasteiger partial charge in [0.25, 0.3) is 5.91 Å². The van der Waals surface area contributed by atoms with E-state index in [0.717, 1.165) is 12.1 Å². The first-order valence-corrected chi connectivity index (χ1v) is 16.4. The summed E-state index contributed by atoms with van der Waals surface area (Å²) in [5, 5.41) is 47.1. The lowest BCUT2D eigenvalue weighted by molar-refractivity contribution is -0.308. The summed E-state index contributed by atoms with van der Waals surface area (Å²) < 4.78 is 39.6. The minimum absolute atomic E-state index is 0.0574. The fourth-order valence-electron chi connectivity index (χ4n) is 5.91.